The molecule has 1 saturated carbocycles. The van der Waals surface area contributed by atoms with Crippen LogP contribution in [0, 0.1) is 0 Å². The van der Waals surface area contributed by atoms with Crippen molar-refractivity contribution < 1.29 is 4.39 Å². The molecule has 1 aliphatic heterocycles. The predicted molar refractivity (Wildman–Crippen MR) is 69.4 cm³/mol. The van der Waals surface area contributed by atoms with Crippen molar-refractivity contribution >= 4 is 0 Å². The maximum absolute atomic E-state index is 14.1. The molecular weight excluding hydrogens is 229 g/mol. The van der Waals surface area contributed by atoms with Gasteiger partial charge in [0, 0.05) is 18.7 Å². The van der Waals surface area contributed by atoms with E-state index in [-0.39, 0.29) is 6.04 Å². The lowest BCUT2D eigenvalue weighted by molar-refractivity contribution is 0.261. The minimum Gasteiger partial charge on any atom is -0.311 e. The number of alkyl halides is 1. The summed E-state index contributed by atoms with van der Waals surface area (Å²) in [5.41, 5.74) is 0.906. The number of nitrogens with one attached hydrogen (secondary N) is 1. The minimum absolute atomic E-state index is 0.0432. The average Bonchev–Trinajstić information content (AvgIpc) is 3.12. The first-order valence-corrected chi connectivity index (χ1v) is 7.24. The third kappa shape index (κ3) is 2.58. The number of hydrogen-bond acceptors (Lipinski definition) is 2. The number of nitrogens with zero attached hydrogens (tertiary/aromatic N) is 2. The van der Waals surface area contributed by atoms with Crippen LogP contribution < -0.4 is 5.32 Å². The van der Waals surface area contributed by atoms with Crippen LogP contribution in [0.2, 0.25) is 0 Å². The van der Waals surface area contributed by atoms with Crippen molar-refractivity contribution in [3.05, 3.63) is 18.0 Å². The predicted octanol–water partition coefficient (Wildman–Crippen LogP) is 2.63. The normalized spacial score (nSPS) is 26.8. The first kappa shape index (κ1) is 12.2. The highest BCUT2D eigenvalue weighted by atomic mass is 19.1. The molecule has 1 saturated heterocycles. The summed E-state index contributed by atoms with van der Waals surface area (Å²) in [6.07, 6.45) is 8.81. The molecule has 1 aliphatic carbocycles. The molecule has 2 aliphatic rings. The van der Waals surface area contributed by atoms with Crippen molar-refractivity contribution in [2.45, 2.75) is 63.2 Å². The summed E-state index contributed by atoms with van der Waals surface area (Å²) in [4.78, 5) is 0. The molecule has 3 rings (SSSR count). The Bertz CT molecular complexity index is 378. The van der Waals surface area contributed by atoms with E-state index in [1.807, 2.05) is 12.3 Å². The number of rotatable bonds is 4. The third-order valence-corrected chi connectivity index (χ3v) is 4.30. The van der Waals surface area contributed by atoms with Crippen LogP contribution in [0.25, 0.3) is 0 Å². The largest absolute Gasteiger partial charge is 0.311 e. The van der Waals surface area contributed by atoms with Crippen LogP contribution in [-0.4, -0.2) is 28.5 Å². The van der Waals surface area contributed by atoms with E-state index in [0.717, 1.165) is 25.1 Å². The SMILES string of the molecule is FC(Cc1ccn(C2CCCC2)n1)C1CCCN1. The lowest BCUT2D eigenvalue weighted by Gasteiger charge is -2.14. The summed E-state index contributed by atoms with van der Waals surface area (Å²) in [5, 5.41) is 7.78. The van der Waals surface area contributed by atoms with E-state index in [4.69, 9.17) is 0 Å². The van der Waals surface area contributed by atoms with Gasteiger partial charge in [-0.2, -0.15) is 5.10 Å². The minimum atomic E-state index is -0.792. The van der Waals surface area contributed by atoms with Gasteiger partial charge in [0.2, 0.25) is 0 Å². The molecule has 2 fully saturated rings. The van der Waals surface area contributed by atoms with Crippen molar-refractivity contribution in [2.24, 2.45) is 0 Å². The molecular formula is C14H22FN3. The molecule has 0 amide bonds. The second-order valence-electron chi connectivity index (χ2n) is 5.65. The zero-order chi connectivity index (χ0) is 12.4. The van der Waals surface area contributed by atoms with Gasteiger partial charge >= 0.3 is 0 Å². The maximum Gasteiger partial charge on any atom is 0.121 e. The molecule has 3 nitrogen and oxygen atoms in total. The molecule has 100 valence electrons. The van der Waals surface area contributed by atoms with Crippen molar-refractivity contribution in [3.8, 4) is 0 Å². The van der Waals surface area contributed by atoms with Gasteiger partial charge in [0.05, 0.1) is 11.7 Å². The molecule has 1 aromatic heterocycles. The van der Waals surface area contributed by atoms with Crippen molar-refractivity contribution in [1.82, 2.24) is 15.1 Å². The van der Waals surface area contributed by atoms with Gasteiger partial charge in [0.1, 0.15) is 6.17 Å². The van der Waals surface area contributed by atoms with E-state index in [1.165, 1.54) is 25.7 Å². The monoisotopic (exact) mass is 251 g/mol. The van der Waals surface area contributed by atoms with Crippen LogP contribution in [0.3, 0.4) is 0 Å². The molecule has 2 atom stereocenters. The van der Waals surface area contributed by atoms with Crippen LogP contribution in [0.4, 0.5) is 4.39 Å². The van der Waals surface area contributed by atoms with E-state index in [9.17, 15) is 4.39 Å². The highest BCUT2D eigenvalue weighted by Gasteiger charge is 2.25. The first-order valence-electron chi connectivity index (χ1n) is 7.24. The molecule has 1 aromatic rings. The molecule has 18 heavy (non-hydrogen) atoms. The molecule has 0 spiro atoms. The standard InChI is InChI=1S/C14H22FN3/c15-13(14-6-3-8-16-14)10-11-7-9-18(17-11)12-4-1-2-5-12/h7,9,12-14,16H,1-6,8,10H2. The van der Waals surface area contributed by atoms with Crippen LogP contribution in [0.5, 0.6) is 0 Å². The second kappa shape index (κ2) is 5.39. The van der Waals surface area contributed by atoms with Crippen molar-refractivity contribution in [2.75, 3.05) is 6.54 Å². The van der Waals surface area contributed by atoms with Crippen molar-refractivity contribution in [3.63, 3.8) is 0 Å². The van der Waals surface area contributed by atoms with Crippen LogP contribution in [-0.2, 0) is 6.42 Å². The van der Waals surface area contributed by atoms with E-state index in [0.29, 0.717) is 12.5 Å². The van der Waals surface area contributed by atoms with Gasteiger partial charge in [-0.25, -0.2) is 4.39 Å². The van der Waals surface area contributed by atoms with E-state index < -0.39 is 6.17 Å². The van der Waals surface area contributed by atoms with Gasteiger partial charge in [-0.3, -0.25) is 4.68 Å². The molecule has 4 heteroatoms. The van der Waals surface area contributed by atoms with Crippen LogP contribution >= 0.6 is 0 Å². The fourth-order valence-electron chi connectivity index (χ4n) is 3.22. The van der Waals surface area contributed by atoms with Gasteiger partial charge < -0.3 is 5.32 Å². The van der Waals surface area contributed by atoms with Gasteiger partial charge in [-0.15, -0.1) is 0 Å². The zero-order valence-corrected chi connectivity index (χ0v) is 10.8. The van der Waals surface area contributed by atoms with Crippen LogP contribution in [0.15, 0.2) is 12.3 Å². The van der Waals surface area contributed by atoms with E-state index in [2.05, 4.69) is 15.1 Å². The fourth-order valence-corrected chi connectivity index (χ4v) is 3.22. The molecule has 2 unspecified atom stereocenters. The zero-order valence-electron chi connectivity index (χ0n) is 10.8. The summed E-state index contributed by atoms with van der Waals surface area (Å²) in [7, 11) is 0. The van der Waals surface area contributed by atoms with Gasteiger partial charge in [-0.05, 0) is 38.3 Å². The Hall–Kier alpha value is -0.900. The van der Waals surface area contributed by atoms with E-state index >= 15 is 0 Å². The highest BCUT2D eigenvalue weighted by molar-refractivity contribution is 5.03. The van der Waals surface area contributed by atoms with Crippen LogP contribution in [0.1, 0.15) is 50.3 Å². The molecule has 0 bridgehead atoms. The lowest BCUT2D eigenvalue weighted by Crippen LogP contribution is -2.33. The van der Waals surface area contributed by atoms with Gasteiger partial charge in [0.15, 0.2) is 0 Å². The maximum atomic E-state index is 14.1. The Morgan fingerprint density at radius 1 is 1.33 bits per heavy atom. The lowest BCUT2D eigenvalue weighted by atomic mass is 10.1. The second-order valence-corrected chi connectivity index (χ2v) is 5.65. The third-order valence-electron chi connectivity index (χ3n) is 4.30. The Morgan fingerprint density at radius 3 is 2.89 bits per heavy atom. The number of hydrogen-bond donors (Lipinski definition) is 1. The summed E-state index contributed by atoms with van der Waals surface area (Å²) >= 11 is 0. The average molecular weight is 251 g/mol. The Kier molecular flexibility index (Phi) is 3.64. The summed E-state index contributed by atoms with van der Waals surface area (Å²) in [5.74, 6) is 0. The Balaban J connectivity index is 1.58. The Labute approximate surface area is 108 Å². The summed E-state index contributed by atoms with van der Waals surface area (Å²) in [6.45, 7) is 0.960. The number of halogens is 1. The number of aromatic nitrogens is 2. The Morgan fingerprint density at radius 2 is 2.17 bits per heavy atom. The van der Waals surface area contributed by atoms with Gasteiger partial charge in [-0.1, -0.05) is 12.8 Å². The molecule has 1 N–H and O–H groups in total. The summed E-state index contributed by atoms with van der Waals surface area (Å²) < 4.78 is 16.1. The highest BCUT2D eigenvalue weighted by Crippen LogP contribution is 2.29. The summed E-state index contributed by atoms with van der Waals surface area (Å²) in [6, 6.07) is 2.59. The van der Waals surface area contributed by atoms with E-state index in [1.54, 1.807) is 0 Å². The van der Waals surface area contributed by atoms with Crippen molar-refractivity contribution in [1.29, 1.82) is 0 Å². The molecule has 2 heterocycles. The first-order chi connectivity index (χ1) is 8.83. The smallest absolute Gasteiger partial charge is 0.121 e. The molecule has 0 aromatic carbocycles. The quantitative estimate of drug-likeness (QED) is 0.891. The fraction of sp³-hybridized carbons (Fsp3) is 0.786. The molecule has 0 radical (unpaired) electrons. The van der Waals surface area contributed by atoms with Gasteiger partial charge in [0.25, 0.3) is 0 Å². The topological polar surface area (TPSA) is 29.9 Å².